The number of benzene rings is 3. The monoisotopic (exact) mass is 830 g/mol. The Morgan fingerprint density at radius 3 is 2.17 bits per heavy atom. The van der Waals surface area contributed by atoms with Gasteiger partial charge in [-0.25, -0.2) is 0 Å². The van der Waals surface area contributed by atoms with Crippen molar-refractivity contribution in [3.05, 3.63) is 77.2 Å². The number of rotatable bonds is 9. The van der Waals surface area contributed by atoms with E-state index >= 15 is 0 Å². The van der Waals surface area contributed by atoms with Crippen LogP contribution in [0.2, 0.25) is 0 Å². The molecule has 1 aromatic heterocycles. The molecule has 0 fully saturated rings. The van der Waals surface area contributed by atoms with Gasteiger partial charge < -0.3 is 9.84 Å². The normalized spacial score (nSPS) is 14.0. The smallest absolute Gasteiger partial charge is 0.162 e. The largest absolute Gasteiger partial charge is 0.512 e. The van der Waals surface area contributed by atoms with E-state index in [1.54, 1.807) is 12.1 Å². The van der Waals surface area contributed by atoms with Gasteiger partial charge in [0, 0.05) is 59.4 Å². The van der Waals surface area contributed by atoms with Crippen molar-refractivity contribution in [2.75, 3.05) is 0 Å². The maximum absolute atomic E-state index is 11.7. The quantitative estimate of drug-likeness (QED) is 0.0913. The fraction of sp³-hybridized carbons (Fsp3) is 0.488. The SMILES string of the molecule is CCC(CC)C(=O)/C=C(\O)C(CC)CC.[2H]C([2H])([2H])c1ccc2c(CC(C)(C)C)c3c([c-]c2c1)-c1nccc2cc(CC(C)(C)C)cc(c12)O3.[Ir]. The van der Waals surface area contributed by atoms with E-state index in [1.165, 1.54) is 11.6 Å². The van der Waals surface area contributed by atoms with E-state index in [4.69, 9.17) is 13.8 Å². The van der Waals surface area contributed by atoms with E-state index in [9.17, 15) is 9.90 Å². The summed E-state index contributed by atoms with van der Waals surface area (Å²) >= 11 is 0. The first-order valence-corrected chi connectivity index (χ1v) is 17.4. The van der Waals surface area contributed by atoms with Crippen LogP contribution in [-0.2, 0) is 37.7 Å². The number of carbonyl (C=O) groups is 1. The van der Waals surface area contributed by atoms with Crippen molar-refractivity contribution in [2.24, 2.45) is 22.7 Å². The molecule has 0 amide bonds. The number of aromatic nitrogens is 1. The minimum absolute atomic E-state index is 0. The Morgan fingerprint density at radius 2 is 1.58 bits per heavy atom. The van der Waals surface area contributed by atoms with E-state index < -0.39 is 6.85 Å². The van der Waals surface area contributed by atoms with Gasteiger partial charge in [-0.05, 0) is 79.3 Å². The van der Waals surface area contributed by atoms with Gasteiger partial charge in [-0.15, -0.1) is 17.5 Å². The van der Waals surface area contributed by atoms with E-state index in [1.807, 2.05) is 46.0 Å². The summed E-state index contributed by atoms with van der Waals surface area (Å²) in [5.41, 5.74) is 4.44. The summed E-state index contributed by atoms with van der Waals surface area (Å²) in [5.74, 6) is 2.17. The van der Waals surface area contributed by atoms with Crippen molar-refractivity contribution >= 4 is 27.3 Å². The van der Waals surface area contributed by atoms with Gasteiger partial charge in [-0.2, -0.15) is 0 Å². The number of ether oxygens (including phenoxy) is 1. The van der Waals surface area contributed by atoms with Crippen LogP contribution in [0.4, 0.5) is 0 Å². The molecule has 0 unspecified atom stereocenters. The van der Waals surface area contributed by atoms with Gasteiger partial charge in [0.2, 0.25) is 0 Å². The van der Waals surface area contributed by atoms with Crippen molar-refractivity contribution in [1.29, 1.82) is 0 Å². The number of fused-ring (bicyclic) bond motifs is 3. The van der Waals surface area contributed by atoms with Crippen LogP contribution in [0, 0.1) is 35.6 Å². The third kappa shape index (κ3) is 9.36. The molecule has 1 aliphatic heterocycles. The Kier molecular flexibility index (Phi) is 11.7. The molecule has 261 valence electrons. The first kappa shape index (κ1) is 34.8. The third-order valence-electron chi connectivity index (χ3n) is 8.96. The van der Waals surface area contributed by atoms with E-state index in [-0.39, 0.29) is 54.3 Å². The van der Waals surface area contributed by atoms with Gasteiger partial charge in [0.05, 0.1) is 11.5 Å². The van der Waals surface area contributed by atoms with Crippen molar-refractivity contribution in [2.45, 2.75) is 115 Å². The van der Waals surface area contributed by atoms with Crippen molar-refractivity contribution in [1.82, 2.24) is 4.98 Å². The topological polar surface area (TPSA) is 59.4 Å². The van der Waals surface area contributed by atoms with Crippen LogP contribution < -0.4 is 4.74 Å². The second kappa shape index (κ2) is 16.1. The molecule has 0 aliphatic carbocycles. The number of carbonyl (C=O) groups excluding carboxylic acids is 1. The Hall–Kier alpha value is -3.01. The molecule has 4 aromatic rings. The van der Waals surface area contributed by atoms with E-state index in [0.29, 0.717) is 5.56 Å². The molecule has 0 saturated carbocycles. The van der Waals surface area contributed by atoms with Crippen molar-refractivity contribution in [3.63, 3.8) is 0 Å². The first-order valence-electron chi connectivity index (χ1n) is 18.9. The maximum atomic E-state index is 11.7. The molecule has 5 heteroatoms. The summed E-state index contributed by atoms with van der Waals surface area (Å²) in [7, 11) is 0. The van der Waals surface area contributed by atoms with Gasteiger partial charge >= 0.3 is 0 Å². The number of hydrogen-bond donors (Lipinski definition) is 1. The fourth-order valence-corrected chi connectivity index (χ4v) is 6.57. The summed E-state index contributed by atoms with van der Waals surface area (Å²) in [4.78, 5) is 16.5. The van der Waals surface area contributed by atoms with Crippen molar-refractivity contribution < 1.29 is 38.9 Å². The second-order valence-corrected chi connectivity index (χ2v) is 15.5. The third-order valence-corrected chi connectivity index (χ3v) is 8.96. The Balaban J connectivity index is 0.000000374. The number of aliphatic hydroxyl groups is 1. The summed E-state index contributed by atoms with van der Waals surface area (Å²) in [6.45, 7) is 19.2. The van der Waals surface area contributed by atoms with Crippen LogP contribution in [0.5, 0.6) is 11.5 Å². The van der Waals surface area contributed by atoms with Crippen LogP contribution in [0.3, 0.4) is 0 Å². The molecule has 0 atom stereocenters. The first-order chi connectivity index (χ1) is 23.3. The minimum atomic E-state index is -2.17. The number of pyridine rings is 1. The number of aryl methyl sites for hydroxylation is 1. The van der Waals surface area contributed by atoms with Gasteiger partial charge in [0.15, 0.2) is 5.78 Å². The molecule has 2 heterocycles. The zero-order chi connectivity index (χ0) is 37.2. The van der Waals surface area contributed by atoms with Crippen LogP contribution in [-0.4, -0.2) is 15.9 Å². The molecule has 4 nitrogen and oxygen atoms in total. The molecule has 5 rings (SSSR count). The number of ketones is 1. The summed E-state index contributed by atoms with van der Waals surface area (Å²) in [6, 6.07) is 15.3. The average Bonchev–Trinajstić information content (AvgIpc) is 3.01. The van der Waals surface area contributed by atoms with Crippen LogP contribution in [0.25, 0.3) is 32.8 Å². The Labute approximate surface area is 307 Å². The second-order valence-electron chi connectivity index (χ2n) is 15.5. The molecule has 1 N–H and O–H groups in total. The number of aliphatic hydroxyl groups excluding tert-OH is 1. The Bertz CT molecular complexity index is 1870. The minimum Gasteiger partial charge on any atom is -0.512 e. The van der Waals surface area contributed by atoms with Crippen LogP contribution in [0.1, 0.15) is 116 Å². The standard InChI is InChI=1S/C30H32NO.C13H24O2.Ir/c1-18-8-9-22-21(12-18)15-23-27-26-20(10-11-31-27)13-19(16-29(2,3)4)14-25(26)32-28(23)24(22)17-30(5,6)7;1-5-10(6-2)12(14)9-13(15)11(7-3)8-4;/h8-14H,16-17H2,1-7H3;9-11,14H,5-8H2,1-4H3;/q-1;;/b;12-9-;/i1D3;;. The molecule has 1 aliphatic rings. The molecule has 48 heavy (non-hydrogen) atoms. The zero-order valence-corrected chi connectivity index (χ0v) is 33.0. The molecular formula is C43H56IrNO3-. The summed E-state index contributed by atoms with van der Waals surface area (Å²) < 4.78 is 30.4. The predicted molar refractivity (Wildman–Crippen MR) is 199 cm³/mol. The predicted octanol–water partition coefficient (Wildman–Crippen LogP) is 12.3. The van der Waals surface area contributed by atoms with Crippen LogP contribution in [0.15, 0.2) is 54.4 Å². The molecule has 0 spiro atoms. The van der Waals surface area contributed by atoms with E-state index in [2.05, 4.69) is 59.7 Å². The maximum Gasteiger partial charge on any atom is 0.162 e. The van der Waals surface area contributed by atoms with Crippen molar-refractivity contribution in [3.8, 4) is 22.8 Å². The van der Waals surface area contributed by atoms with Gasteiger partial charge in [-0.3, -0.25) is 9.78 Å². The molecular weight excluding hydrogens is 771 g/mol. The molecule has 3 aromatic carbocycles. The Morgan fingerprint density at radius 1 is 0.938 bits per heavy atom. The van der Waals surface area contributed by atoms with Gasteiger partial charge in [0.1, 0.15) is 5.75 Å². The summed E-state index contributed by atoms with van der Waals surface area (Å²) in [6.07, 6.45) is 8.47. The average molecular weight is 830 g/mol. The number of hydrogen-bond acceptors (Lipinski definition) is 4. The van der Waals surface area contributed by atoms with E-state index in [0.717, 1.165) is 88.4 Å². The van der Waals surface area contributed by atoms with Gasteiger partial charge in [0.25, 0.3) is 0 Å². The molecule has 0 bridgehead atoms. The zero-order valence-electron chi connectivity index (χ0n) is 33.6. The summed E-state index contributed by atoms with van der Waals surface area (Å²) in [5, 5.41) is 13.6. The molecule has 1 radical (unpaired) electrons. The van der Waals surface area contributed by atoms with Crippen LogP contribution >= 0.6 is 0 Å². The number of nitrogens with zero attached hydrogens (tertiary/aromatic N) is 1. The van der Waals surface area contributed by atoms with Gasteiger partial charge in [-0.1, -0.05) is 110 Å². The number of allylic oxidation sites excluding steroid dienone is 2. The molecule has 0 saturated heterocycles. The fourth-order valence-electron chi connectivity index (χ4n) is 6.57.